The largest absolute Gasteiger partial charge is 0.396 e. The Morgan fingerprint density at radius 3 is 2.42 bits per heavy atom. The van der Waals surface area contributed by atoms with E-state index in [1.165, 1.54) is 19.3 Å². The van der Waals surface area contributed by atoms with Crippen LogP contribution in [0, 0.1) is 0 Å². The molecule has 0 aromatic heterocycles. The lowest BCUT2D eigenvalue weighted by molar-refractivity contribution is 0.282. The molecule has 12 heavy (non-hydrogen) atoms. The maximum absolute atomic E-state index is 8.52. The Bertz CT molecular complexity index is 93.8. The van der Waals surface area contributed by atoms with Gasteiger partial charge in [-0.1, -0.05) is 25.3 Å². The summed E-state index contributed by atoms with van der Waals surface area (Å²) >= 11 is 0. The number of unbranched alkanes of at least 4 members (excludes halogenated alkanes) is 4. The highest BCUT2D eigenvalue weighted by molar-refractivity contribution is 4.69. The molecule has 0 unspecified atom stereocenters. The molecule has 0 aliphatic heterocycles. The van der Waals surface area contributed by atoms with Gasteiger partial charge in [0.05, 0.1) is 0 Å². The summed E-state index contributed by atoms with van der Waals surface area (Å²) in [4.78, 5) is 0. The number of hydrogen-bond donors (Lipinski definition) is 2. The van der Waals surface area contributed by atoms with Crippen molar-refractivity contribution < 1.29 is 5.11 Å². The van der Waals surface area contributed by atoms with Gasteiger partial charge in [0.15, 0.2) is 0 Å². The molecule has 2 heteroatoms. The summed E-state index contributed by atoms with van der Waals surface area (Å²) in [5.74, 6) is 0. The van der Waals surface area contributed by atoms with Crippen LogP contribution in [0.5, 0.6) is 0 Å². The molecule has 2 N–H and O–H groups in total. The first kappa shape index (κ1) is 11.7. The quantitative estimate of drug-likeness (QED) is 0.409. The second kappa shape index (κ2) is 10.7. The number of rotatable bonds is 9. The van der Waals surface area contributed by atoms with Crippen LogP contribution in [0.3, 0.4) is 0 Å². The monoisotopic (exact) mass is 171 g/mol. The standard InChI is InChI=1S/C10H21NO/c1-2-8-11-9-6-4-3-5-7-10-12/h2,11-12H,1,3-10H2. The Kier molecular flexibility index (Phi) is 10.4. The maximum Gasteiger partial charge on any atom is 0.0431 e. The van der Waals surface area contributed by atoms with Crippen molar-refractivity contribution in [3.63, 3.8) is 0 Å². The Labute approximate surface area is 75.7 Å². The lowest BCUT2D eigenvalue weighted by Crippen LogP contribution is -2.14. The molecule has 0 saturated heterocycles. The topological polar surface area (TPSA) is 32.3 Å². The van der Waals surface area contributed by atoms with E-state index in [9.17, 15) is 0 Å². The normalized spacial score (nSPS) is 10.1. The fourth-order valence-electron chi connectivity index (χ4n) is 1.10. The van der Waals surface area contributed by atoms with E-state index in [4.69, 9.17) is 5.11 Å². The van der Waals surface area contributed by atoms with Crippen LogP contribution in [0.2, 0.25) is 0 Å². The van der Waals surface area contributed by atoms with Gasteiger partial charge in [-0.2, -0.15) is 0 Å². The van der Waals surface area contributed by atoms with Crippen LogP contribution in [-0.4, -0.2) is 24.8 Å². The molecule has 0 heterocycles. The molecule has 0 rings (SSSR count). The summed E-state index contributed by atoms with van der Waals surface area (Å²) in [5.41, 5.74) is 0. The molecule has 0 aromatic carbocycles. The third kappa shape index (κ3) is 9.66. The number of hydrogen-bond acceptors (Lipinski definition) is 2. The van der Waals surface area contributed by atoms with Gasteiger partial charge >= 0.3 is 0 Å². The molecule has 0 amide bonds. The van der Waals surface area contributed by atoms with Gasteiger partial charge < -0.3 is 10.4 Å². The Morgan fingerprint density at radius 1 is 1.08 bits per heavy atom. The molecular formula is C10H21NO. The zero-order valence-electron chi connectivity index (χ0n) is 7.89. The van der Waals surface area contributed by atoms with Gasteiger partial charge in [0.25, 0.3) is 0 Å². The van der Waals surface area contributed by atoms with E-state index in [0.29, 0.717) is 6.61 Å². The highest BCUT2D eigenvalue weighted by atomic mass is 16.2. The molecule has 0 radical (unpaired) electrons. The van der Waals surface area contributed by atoms with E-state index < -0.39 is 0 Å². The highest BCUT2D eigenvalue weighted by Crippen LogP contribution is 2.01. The van der Waals surface area contributed by atoms with Crippen molar-refractivity contribution in [2.24, 2.45) is 0 Å². The Hall–Kier alpha value is -0.340. The van der Waals surface area contributed by atoms with E-state index in [0.717, 1.165) is 25.9 Å². The fourth-order valence-corrected chi connectivity index (χ4v) is 1.10. The molecule has 0 atom stereocenters. The SMILES string of the molecule is C=CCNCCCCCCCO. The Balaban J connectivity index is 2.77. The second-order valence-corrected chi connectivity index (χ2v) is 2.98. The zero-order chi connectivity index (χ0) is 9.07. The molecule has 0 spiro atoms. The summed E-state index contributed by atoms with van der Waals surface area (Å²) in [7, 11) is 0. The third-order valence-corrected chi connectivity index (χ3v) is 1.80. The maximum atomic E-state index is 8.52. The van der Waals surface area contributed by atoms with Crippen LogP contribution in [0.4, 0.5) is 0 Å². The smallest absolute Gasteiger partial charge is 0.0431 e. The highest BCUT2D eigenvalue weighted by Gasteiger charge is 1.88. The molecule has 0 aliphatic carbocycles. The van der Waals surface area contributed by atoms with Gasteiger partial charge in [-0.3, -0.25) is 0 Å². The van der Waals surface area contributed by atoms with Crippen molar-refractivity contribution in [3.05, 3.63) is 12.7 Å². The lowest BCUT2D eigenvalue weighted by atomic mass is 10.1. The molecule has 2 nitrogen and oxygen atoms in total. The predicted octanol–water partition coefficient (Wildman–Crippen LogP) is 1.70. The number of nitrogens with one attached hydrogen (secondary N) is 1. The van der Waals surface area contributed by atoms with Crippen LogP contribution < -0.4 is 5.32 Å². The molecule has 0 aliphatic rings. The minimum absolute atomic E-state index is 0.342. The van der Waals surface area contributed by atoms with E-state index in [2.05, 4.69) is 11.9 Å². The predicted molar refractivity (Wildman–Crippen MR) is 53.2 cm³/mol. The zero-order valence-corrected chi connectivity index (χ0v) is 7.89. The van der Waals surface area contributed by atoms with Crippen molar-refractivity contribution in [3.8, 4) is 0 Å². The van der Waals surface area contributed by atoms with Gasteiger partial charge in [-0.05, 0) is 19.4 Å². The van der Waals surface area contributed by atoms with Crippen molar-refractivity contribution in [2.45, 2.75) is 32.1 Å². The van der Waals surface area contributed by atoms with E-state index >= 15 is 0 Å². The van der Waals surface area contributed by atoms with Crippen LogP contribution in [-0.2, 0) is 0 Å². The summed E-state index contributed by atoms with van der Waals surface area (Å²) in [6, 6.07) is 0. The minimum atomic E-state index is 0.342. The minimum Gasteiger partial charge on any atom is -0.396 e. The molecule has 72 valence electrons. The first-order chi connectivity index (χ1) is 5.91. The fraction of sp³-hybridized carbons (Fsp3) is 0.800. The van der Waals surface area contributed by atoms with Crippen molar-refractivity contribution in [1.29, 1.82) is 0 Å². The van der Waals surface area contributed by atoms with Gasteiger partial charge in [-0.15, -0.1) is 6.58 Å². The van der Waals surface area contributed by atoms with Crippen molar-refractivity contribution in [1.82, 2.24) is 5.32 Å². The first-order valence-corrected chi connectivity index (χ1v) is 4.84. The number of aliphatic hydroxyl groups excluding tert-OH is 1. The van der Waals surface area contributed by atoms with Crippen LogP contribution >= 0.6 is 0 Å². The molecule has 0 bridgehead atoms. The summed E-state index contributed by atoms with van der Waals surface area (Å²) < 4.78 is 0. The van der Waals surface area contributed by atoms with Crippen molar-refractivity contribution >= 4 is 0 Å². The average molecular weight is 171 g/mol. The van der Waals surface area contributed by atoms with Crippen molar-refractivity contribution in [2.75, 3.05) is 19.7 Å². The first-order valence-electron chi connectivity index (χ1n) is 4.84. The summed E-state index contributed by atoms with van der Waals surface area (Å²) in [6.45, 7) is 5.97. The van der Waals surface area contributed by atoms with Crippen LogP contribution in [0.15, 0.2) is 12.7 Å². The van der Waals surface area contributed by atoms with Gasteiger partial charge in [0.1, 0.15) is 0 Å². The van der Waals surface area contributed by atoms with E-state index in [1.807, 2.05) is 6.08 Å². The Morgan fingerprint density at radius 2 is 1.75 bits per heavy atom. The second-order valence-electron chi connectivity index (χ2n) is 2.98. The summed E-state index contributed by atoms with van der Waals surface area (Å²) in [6.07, 6.45) is 7.75. The molecule has 0 fully saturated rings. The van der Waals surface area contributed by atoms with Gasteiger partial charge in [0, 0.05) is 13.2 Å². The lowest BCUT2D eigenvalue weighted by Gasteiger charge is -2.01. The average Bonchev–Trinajstić information content (AvgIpc) is 2.10. The van der Waals surface area contributed by atoms with E-state index in [-0.39, 0.29) is 0 Å². The third-order valence-electron chi connectivity index (χ3n) is 1.80. The number of aliphatic hydroxyl groups is 1. The van der Waals surface area contributed by atoms with Gasteiger partial charge in [-0.25, -0.2) is 0 Å². The molecule has 0 saturated carbocycles. The van der Waals surface area contributed by atoms with Gasteiger partial charge in [0.2, 0.25) is 0 Å². The van der Waals surface area contributed by atoms with E-state index in [1.54, 1.807) is 0 Å². The molecule has 0 aromatic rings. The van der Waals surface area contributed by atoms with Crippen LogP contribution in [0.1, 0.15) is 32.1 Å². The summed E-state index contributed by atoms with van der Waals surface area (Å²) in [5, 5.41) is 11.8. The van der Waals surface area contributed by atoms with Crippen LogP contribution in [0.25, 0.3) is 0 Å². The molecular weight excluding hydrogens is 150 g/mol.